The molecule has 0 saturated carbocycles. The molecule has 1 fully saturated rings. The number of anilines is 2. The van der Waals surface area contributed by atoms with Gasteiger partial charge in [-0.25, -0.2) is 4.79 Å². The summed E-state index contributed by atoms with van der Waals surface area (Å²) in [5.74, 6) is -3.13. The maximum atomic E-state index is 15.4. The summed E-state index contributed by atoms with van der Waals surface area (Å²) >= 11 is 1.46. The van der Waals surface area contributed by atoms with E-state index < -0.39 is 53.1 Å². The van der Waals surface area contributed by atoms with Gasteiger partial charge in [-0.05, 0) is 83.4 Å². The highest BCUT2D eigenvalue weighted by Gasteiger charge is 2.64. The van der Waals surface area contributed by atoms with E-state index in [0.717, 1.165) is 83.6 Å². The fraction of sp³-hybridized carbons (Fsp3) is 0.327. The standard InChI is InChI=1S/C52H53F3N6O6S/c1-34(2)45(57-50(65)67-33-42-38-21-9-7-19-36(38)37-20-8-10-22-39(37)42)47(62)56-43-25-13-11-23-40(43)48(63)61(49(64)51(66-3,52(53,54)55)35-17-5-4-6-18-35)28-16-15-27-59-29-31-60(32-30-59)46-41-24-12-14-26-44(41)68-58-46/h4-14,17-26,34,42,45H,15-16,27-33H2,1-3H3,(H,56,62)(H,57,65)/t45-,51-/m0/s1. The average molecular weight is 947 g/mol. The van der Waals surface area contributed by atoms with E-state index in [-0.39, 0.29) is 36.7 Å². The third-order valence-corrected chi connectivity index (χ3v) is 13.6. The summed E-state index contributed by atoms with van der Waals surface area (Å²) in [5, 5.41) is 6.48. The van der Waals surface area contributed by atoms with E-state index in [1.165, 1.54) is 54.0 Å². The highest BCUT2D eigenvalue weighted by molar-refractivity contribution is 7.13. The minimum absolute atomic E-state index is 0.0128. The number of imide groups is 1. The molecule has 1 aliphatic carbocycles. The summed E-state index contributed by atoms with van der Waals surface area (Å²) < 4.78 is 62.8. The Morgan fingerprint density at radius 3 is 2.07 bits per heavy atom. The Morgan fingerprint density at radius 1 is 0.794 bits per heavy atom. The minimum atomic E-state index is -5.29. The lowest BCUT2D eigenvalue weighted by Crippen LogP contribution is -2.58. The maximum Gasteiger partial charge on any atom is 0.430 e. The summed E-state index contributed by atoms with van der Waals surface area (Å²) in [4.78, 5) is 61.8. The molecule has 1 aliphatic heterocycles. The molecule has 6 aromatic rings. The van der Waals surface area contributed by atoms with Crippen LogP contribution in [0.1, 0.15) is 59.7 Å². The van der Waals surface area contributed by atoms with Gasteiger partial charge >= 0.3 is 12.3 Å². The number of hydrogen-bond donors (Lipinski definition) is 2. The number of hydrogen-bond acceptors (Lipinski definition) is 10. The van der Waals surface area contributed by atoms with E-state index in [9.17, 15) is 19.2 Å². The molecule has 354 valence electrons. The number of methoxy groups -OCH3 is 1. The van der Waals surface area contributed by atoms with Gasteiger partial charge in [0.1, 0.15) is 18.5 Å². The number of carbonyl (C=O) groups is 4. The van der Waals surface area contributed by atoms with Crippen molar-refractivity contribution in [2.75, 3.05) is 63.2 Å². The van der Waals surface area contributed by atoms with Crippen LogP contribution < -0.4 is 15.5 Å². The van der Waals surface area contributed by atoms with Crippen LogP contribution in [0.2, 0.25) is 0 Å². The molecular weight excluding hydrogens is 894 g/mol. The van der Waals surface area contributed by atoms with Gasteiger partial charge in [0.15, 0.2) is 0 Å². The molecular formula is C52H53F3N6O6S. The lowest BCUT2D eigenvalue weighted by molar-refractivity contribution is -0.269. The first kappa shape index (κ1) is 47.9. The molecule has 12 nitrogen and oxygen atoms in total. The van der Waals surface area contributed by atoms with E-state index in [1.54, 1.807) is 13.8 Å². The second-order valence-electron chi connectivity index (χ2n) is 17.3. The van der Waals surface area contributed by atoms with Crippen LogP contribution >= 0.6 is 11.5 Å². The zero-order valence-corrected chi connectivity index (χ0v) is 38.8. The quantitative estimate of drug-likeness (QED) is 0.0911. The molecule has 68 heavy (non-hydrogen) atoms. The highest BCUT2D eigenvalue weighted by Crippen LogP contribution is 2.45. The Kier molecular flexibility index (Phi) is 14.6. The normalized spacial score (nSPS) is 15.3. The summed E-state index contributed by atoms with van der Waals surface area (Å²) in [5.41, 5.74) is -0.177. The molecule has 0 radical (unpaired) electrons. The zero-order valence-electron chi connectivity index (χ0n) is 38.0. The molecule has 16 heteroatoms. The molecule has 2 N–H and O–H groups in total. The van der Waals surface area contributed by atoms with Gasteiger partial charge in [-0.2, -0.15) is 17.5 Å². The predicted octanol–water partition coefficient (Wildman–Crippen LogP) is 9.47. The molecule has 2 atom stereocenters. The minimum Gasteiger partial charge on any atom is -0.449 e. The largest absolute Gasteiger partial charge is 0.449 e. The maximum absolute atomic E-state index is 15.4. The number of alkyl halides is 3. The number of piperazine rings is 1. The van der Waals surface area contributed by atoms with Crippen LogP contribution in [0.5, 0.6) is 0 Å². The molecule has 5 aromatic carbocycles. The molecule has 0 spiro atoms. The number of ether oxygens (including phenoxy) is 2. The van der Waals surface area contributed by atoms with Gasteiger partial charge in [0.05, 0.1) is 16.0 Å². The Bertz CT molecular complexity index is 2720. The number of carbonyl (C=O) groups excluding carboxylic acids is 4. The molecule has 1 saturated heterocycles. The molecule has 4 amide bonds. The van der Waals surface area contributed by atoms with Crippen LogP contribution in [-0.4, -0.2) is 103 Å². The lowest BCUT2D eigenvalue weighted by atomic mass is 9.90. The van der Waals surface area contributed by atoms with Crippen molar-refractivity contribution < 1.29 is 41.8 Å². The fourth-order valence-corrected chi connectivity index (χ4v) is 10.0. The van der Waals surface area contributed by atoms with E-state index in [1.807, 2.05) is 66.7 Å². The smallest absolute Gasteiger partial charge is 0.430 e. The van der Waals surface area contributed by atoms with Crippen LogP contribution in [0.3, 0.4) is 0 Å². The van der Waals surface area contributed by atoms with Crippen molar-refractivity contribution in [1.82, 2.24) is 19.5 Å². The topological polar surface area (TPSA) is 133 Å². The van der Waals surface area contributed by atoms with Gasteiger partial charge in [-0.3, -0.25) is 24.2 Å². The van der Waals surface area contributed by atoms with E-state index in [0.29, 0.717) is 17.9 Å². The van der Waals surface area contributed by atoms with E-state index in [4.69, 9.17) is 9.47 Å². The van der Waals surface area contributed by atoms with Crippen molar-refractivity contribution in [1.29, 1.82) is 0 Å². The summed E-state index contributed by atoms with van der Waals surface area (Å²) in [6.45, 7) is 6.57. The Balaban J connectivity index is 0.971. The number of benzene rings is 5. The zero-order chi connectivity index (χ0) is 48.0. The monoisotopic (exact) mass is 946 g/mol. The predicted molar refractivity (Wildman–Crippen MR) is 257 cm³/mol. The van der Waals surface area contributed by atoms with Gasteiger partial charge in [-0.15, -0.1) is 0 Å². The summed E-state index contributed by atoms with van der Waals surface area (Å²) in [6, 6.07) is 35.0. The van der Waals surface area contributed by atoms with Crippen molar-refractivity contribution >= 4 is 56.9 Å². The number of fused-ring (bicyclic) bond motifs is 4. The van der Waals surface area contributed by atoms with Gasteiger partial charge in [0, 0.05) is 56.7 Å². The van der Waals surface area contributed by atoms with E-state index >= 15 is 13.2 Å². The number of rotatable bonds is 16. The van der Waals surface area contributed by atoms with Gasteiger partial charge in [0.2, 0.25) is 5.91 Å². The third-order valence-electron chi connectivity index (χ3n) is 12.8. The van der Waals surface area contributed by atoms with Crippen molar-refractivity contribution in [3.05, 3.63) is 150 Å². The number of alkyl carbamates (subject to hydrolysis) is 1. The van der Waals surface area contributed by atoms with Crippen molar-refractivity contribution in [3.63, 3.8) is 0 Å². The molecule has 2 heterocycles. The van der Waals surface area contributed by atoms with Crippen molar-refractivity contribution in [3.8, 4) is 11.1 Å². The SMILES string of the molecule is CO[C@](C(=O)N(CCCCN1CCN(c2nsc3ccccc23)CC1)C(=O)c1ccccc1NC(=O)[C@@H](NC(=O)OCC1c2ccccc2-c2ccccc21)C(C)C)(c1ccccc1)C(F)(F)F. The van der Waals surface area contributed by atoms with Crippen LogP contribution in [0.4, 0.5) is 29.5 Å². The van der Waals surface area contributed by atoms with Gasteiger partial charge in [-0.1, -0.05) is 117 Å². The van der Waals surface area contributed by atoms with Crippen molar-refractivity contribution in [2.45, 2.75) is 50.4 Å². The van der Waals surface area contributed by atoms with E-state index in [2.05, 4.69) is 30.9 Å². The first-order chi connectivity index (χ1) is 32.8. The second-order valence-corrected chi connectivity index (χ2v) is 18.1. The number of aromatic nitrogens is 1. The Hall–Kier alpha value is -6.62. The number of amides is 4. The first-order valence-corrected chi connectivity index (χ1v) is 23.5. The number of nitrogens with zero attached hydrogens (tertiary/aromatic N) is 4. The van der Waals surface area contributed by atoms with Crippen LogP contribution in [0.15, 0.2) is 127 Å². The highest BCUT2D eigenvalue weighted by atomic mass is 32.1. The van der Waals surface area contributed by atoms with Crippen LogP contribution in [0.25, 0.3) is 21.2 Å². The fourth-order valence-electron chi connectivity index (χ4n) is 9.21. The number of nitrogens with one attached hydrogen (secondary N) is 2. The first-order valence-electron chi connectivity index (χ1n) is 22.7. The van der Waals surface area contributed by atoms with Gasteiger partial charge < -0.3 is 25.0 Å². The number of halogens is 3. The van der Waals surface area contributed by atoms with Gasteiger partial charge in [0.25, 0.3) is 17.4 Å². The lowest BCUT2D eigenvalue weighted by Gasteiger charge is -2.37. The summed E-state index contributed by atoms with van der Waals surface area (Å²) in [7, 11) is 0.791. The summed E-state index contributed by atoms with van der Waals surface area (Å²) in [6.07, 6.45) is -5.48. The average Bonchev–Trinajstić information content (AvgIpc) is 3.92. The Labute approximate surface area is 397 Å². The molecule has 0 bridgehead atoms. The number of unbranched alkanes of at least 4 members (excludes halogenated alkanes) is 1. The number of para-hydroxylation sites is 1. The third kappa shape index (κ3) is 9.71. The van der Waals surface area contributed by atoms with Crippen LogP contribution in [-0.2, 0) is 24.7 Å². The Morgan fingerprint density at radius 2 is 1.41 bits per heavy atom. The second kappa shape index (κ2) is 20.7. The molecule has 8 rings (SSSR count). The van der Waals surface area contributed by atoms with Crippen molar-refractivity contribution in [2.24, 2.45) is 5.92 Å². The molecule has 2 aliphatic rings. The molecule has 1 aromatic heterocycles. The van der Waals surface area contributed by atoms with Crippen LogP contribution in [0, 0.1) is 5.92 Å². The molecule has 0 unspecified atom stereocenters.